The van der Waals surface area contributed by atoms with Crippen LogP contribution in [0, 0.1) is 17.5 Å². The molecule has 0 amide bonds. The van der Waals surface area contributed by atoms with Crippen LogP contribution in [0.25, 0.3) is 10.9 Å². The van der Waals surface area contributed by atoms with Crippen LogP contribution in [-0.2, 0) is 13.5 Å². The first-order valence-corrected chi connectivity index (χ1v) is 9.22. The fraction of sp³-hybridized carbons (Fsp3) is 0.0833. The Morgan fingerprint density at radius 1 is 0.900 bits per heavy atom. The van der Waals surface area contributed by atoms with Crippen LogP contribution in [0.15, 0.2) is 71.7 Å². The lowest BCUT2D eigenvalue weighted by Gasteiger charge is -2.12. The van der Waals surface area contributed by atoms with Gasteiger partial charge in [-0.3, -0.25) is 9.59 Å². The van der Waals surface area contributed by atoms with Crippen molar-refractivity contribution in [3.05, 3.63) is 117 Å². The summed E-state index contributed by atoms with van der Waals surface area (Å²) in [7, 11) is 1.44. The van der Waals surface area contributed by atoms with Crippen LogP contribution in [0.5, 0.6) is 0 Å². The van der Waals surface area contributed by atoms with E-state index in [9.17, 15) is 22.8 Å². The monoisotopic (exact) mass is 407 g/mol. The second kappa shape index (κ2) is 7.63. The summed E-state index contributed by atoms with van der Waals surface area (Å²) in [5.74, 6) is -5.35. The minimum atomic E-state index is -1.74. The van der Waals surface area contributed by atoms with E-state index >= 15 is 0 Å². The minimum Gasteiger partial charge on any atom is -0.349 e. The molecule has 0 aliphatic heterocycles. The lowest BCUT2D eigenvalue weighted by molar-refractivity contribution is 0.103. The average molecular weight is 407 g/mol. The summed E-state index contributed by atoms with van der Waals surface area (Å²) in [6, 6.07) is 17.1. The topological polar surface area (TPSA) is 39.1 Å². The van der Waals surface area contributed by atoms with E-state index in [0.717, 1.165) is 11.6 Å². The van der Waals surface area contributed by atoms with E-state index in [0.29, 0.717) is 17.5 Å². The van der Waals surface area contributed by atoms with E-state index < -0.39 is 34.0 Å². The van der Waals surface area contributed by atoms with Gasteiger partial charge in [0.05, 0.1) is 16.5 Å². The van der Waals surface area contributed by atoms with Crippen LogP contribution in [0.1, 0.15) is 27.0 Å². The summed E-state index contributed by atoms with van der Waals surface area (Å²) in [6.07, 6.45) is 1.69. The van der Waals surface area contributed by atoms with Gasteiger partial charge in [-0.15, -0.1) is 0 Å². The summed E-state index contributed by atoms with van der Waals surface area (Å²) in [5, 5.41) is -0.650. The third-order valence-corrected chi connectivity index (χ3v) is 5.06. The molecule has 1 heterocycles. The number of nitrogens with zero attached hydrogens (tertiary/aromatic N) is 1. The summed E-state index contributed by atoms with van der Waals surface area (Å²) in [5.41, 5.74) is 0.551. The van der Waals surface area contributed by atoms with Gasteiger partial charge in [-0.2, -0.15) is 0 Å². The third kappa shape index (κ3) is 3.30. The zero-order valence-electron chi connectivity index (χ0n) is 16.0. The second-order valence-electron chi connectivity index (χ2n) is 7.01. The lowest BCUT2D eigenvalue weighted by atomic mass is 9.94. The number of halogens is 3. The highest BCUT2D eigenvalue weighted by atomic mass is 19.2. The third-order valence-electron chi connectivity index (χ3n) is 5.06. The number of aromatic nitrogens is 1. The number of carbonyl (C=O) groups excluding carboxylic acids is 1. The van der Waals surface area contributed by atoms with Crippen molar-refractivity contribution in [1.82, 2.24) is 4.57 Å². The minimum absolute atomic E-state index is 0.134. The van der Waals surface area contributed by atoms with Crippen molar-refractivity contribution in [3.8, 4) is 0 Å². The predicted octanol–water partition coefficient (Wildman–Crippen LogP) is 4.78. The summed E-state index contributed by atoms with van der Waals surface area (Å²) < 4.78 is 43.0. The number of hydrogen-bond donors (Lipinski definition) is 0. The summed E-state index contributed by atoms with van der Waals surface area (Å²) in [4.78, 5) is 26.1. The van der Waals surface area contributed by atoms with Crippen molar-refractivity contribution < 1.29 is 18.0 Å². The summed E-state index contributed by atoms with van der Waals surface area (Å²) in [6.45, 7) is 0. The van der Waals surface area contributed by atoms with Gasteiger partial charge in [-0.25, -0.2) is 13.2 Å². The lowest BCUT2D eigenvalue weighted by Crippen LogP contribution is -2.21. The maximum absolute atomic E-state index is 14.4. The molecule has 1 aromatic heterocycles. The normalized spacial score (nSPS) is 11.1. The number of aryl methyl sites for hydroxylation is 1. The van der Waals surface area contributed by atoms with Gasteiger partial charge in [0, 0.05) is 24.9 Å². The van der Waals surface area contributed by atoms with Crippen molar-refractivity contribution in [1.29, 1.82) is 0 Å². The van der Waals surface area contributed by atoms with Gasteiger partial charge in [-0.1, -0.05) is 54.6 Å². The van der Waals surface area contributed by atoms with Crippen molar-refractivity contribution >= 4 is 16.7 Å². The molecule has 0 bridgehead atoms. The smallest absolute Gasteiger partial charge is 0.203 e. The number of ketones is 1. The number of carbonyl (C=O) groups is 1. The van der Waals surface area contributed by atoms with Gasteiger partial charge in [0.15, 0.2) is 23.2 Å². The van der Waals surface area contributed by atoms with E-state index in [1.165, 1.54) is 17.8 Å². The molecule has 3 aromatic carbocycles. The van der Waals surface area contributed by atoms with Crippen LogP contribution >= 0.6 is 0 Å². The van der Waals surface area contributed by atoms with Crippen molar-refractivity contribution in [3.63, 3.8) is 0 Å². The maximum Gasteiger partial charge on any atom is 0.203 e. The molecular formula is C24H16F3NO2. The number of benzene rings is 3. The maximum atomic E-state index is 14.4. The van der Waals surface area contributed by atoms with E-state index in [-0.39, 0.29) is 11.1 Å². The second-order valence-corrected chi connectivity index (χ2v) is 7.01. The summed E-state index contributed by atoms with van der Waals surface area (Å²) >= 11 is 0. The molecule has 4 rings (SSSR count). The molecule has 0 unspecified atom stereocenters. The van der Waals surface area contributed by atoms with Crippen LogP contribution in [0.3, 0.4) is 0 Å². The zero-order chi connectivity index (χ0) is 21.4. The van der Waals surface area contributed by atoms with Gasteiger partial charge < -0.3 is 4.57 Å². The molecule has 0 fully saturated rings. The highest BCUT2D eigenvalue weighted by Gasteiger charge is 2.23. The van der Waals surface area contributed by atoms with Gasteiger partial charge in [0.25, 0.3) is 0 Å². The fourth-order valence-electron chi connectivity index (χ4n) is 3.55. The first kappa shape index (κ1) is 19.6. The average Bonchev–Trinajstić information content (AvgIpc) is 2.75. The zero-order valence-corrected chi connectivity index (χ0v) is 16.0. The Labute approximate surface area is 170 Å². The van der Waals surface area contributed by atoms with E-state index in [1.54, 1.807) is 24.3 Å². The van der Waals surface area contributed by atoms with E-state index in [2.05, 4.69) is 0 Å². The molecule has 0 aliphatic carbocycles. The highest BCUT2D eigenvalue weighted by Crippen LogP contribution is 2.23. The number of fused-ring (bicyclic) bond motifs is 1. The Morgan fingerprint density at radius 2 is 1.57 bits per heavy atom. The van der Waals surface area contributed by atoms with Crippen LogP contribution in [-0.4, -0.2) is 10.4 Å². The Bertz CT molecular complexity index is 1340. The van der Waals surface area contributed by atoms with Crippen LogP contribution in [0.4, 0.5) is 13.2 Å². The predicted molar refractivity (Wildman–Crippen MR) is 108 cm³/mol. The molecule has 30 heavy (non-hydrogen) atoms. The molecular weight excluding hydrogens is 391 g/mol. The molecule has 0 saturated carbocycles. The van der Waals surface area contributed by atoms with Crippen LogP contribution < -0.4 is 5.43 Å². The molecule has 0 spiro atoms. The number of rotatable bonds is 4. The highest BCUT2D eigenvalue weighted by molar-refractivity contribution is 6.11. The molecule has 4 aromatic rings. The standard InChI is InChI=1S/C24H16F3NO2/c1-28-13-17(24(30)20-19(28)12-18(25)21(26)22(20)27)23(29)16-10-6-5-9-15(16)11-14-7-3-2-4-8-14/h2-10,12-13H,11H2,1H3. The van der Waals surface area contributed by atoms with Crippen molar-refractivity contribution in [2.45, 2.75) is 6.42 Å². The molecule has 0 N–H and O–H groups in total. The first-order valence-electron chi connectivity index (χ1n) is 9.22. The first-order chi connectivity index (χ1) is 14.4. The quantitative estimate of drug-likeness (QED) is 0.361. The Balaban J connectivity index is 1.88. The van der Waals surface area contributed by atoms with E-state index in [4.69, 9.17) is 0 Å². The van der Waals surface area contributed by atoms with Crippen LogP contribution in [0.2, 0.25) is 0 Å². The largest absolute Gasteiger partial charge is 0.349 e. The number of pyridine rings is 1. The molecule has 150 valence electrons. The van der Waals surface area contributed by atoms with Gasteiger partial charge in [-0.05, 0) is 17.5 Å². The van der Waals surface area contributed by atoms with Gasteiger partial charge >= 0.3 is 0 Å². The van der Waals surface area contributed by atoms with Gasteiger partial charge in [0.2, 0.25) is 5.43 Å². The van der Waals surface area contributed by atoms with E-state index in [1.807, 2.05) is 30.3 Å². The van der Waals surface area contributed by atoms with Crippen molar-refractivity contribution in [2.75, 3.05) is 0 Å². The molecule has 0 atom stereocenters. The molecule has 6 heteroatoms. The molecule has 0 saturated heterocycles. The Morgan fingerprint density at radius 3 is 2.30 bits per heavy atom. The van der Waals surface area contributed by atoms with Gasteiger partial charge in [0.1, 0.15) is 0 Å². The molecule has 3 nitrogen and oxygen atoms in total. The SMILES string of the molecule is Cn1cc(C(=O)c2ccccc2Cc2ccccc2)c(=O)c2c(F)c(F)c(F)cc21. The Kier molecular flexibility index (Phi) is 4.99. The Hall–Kier alpha value is -3.67. The van der Waals surface area contributed by atoms with Crippen molar-refractivity contribution in [2.24, 2.45) is 7.05 Å². The number of hydrogen-bond acceptors (Lipinski definition) is 2. The fourth-order valence-corrected chi connectivity index (χ4v) is 3.55. The molecule has 0 aliphatic rings. The molecule has 0 radical (unpaired) electrons.